The maximum absolute atomic E-state index is 13.5. The van der Waals surface area contributed by atoms with E-state index in [1.807, 2.05) is 6.92 Å². The van der Waals surface area contributed by atoms with Gasteiger partial charge >= 0.3 is 6.09 Å². The van der Waals surface area contributed by atoms with Crippen molar-refractivity contribution in [1.29, 1.82) is 0 Å². The summed E-state index contributed by atoms with van der Waals surface area (Å²) in [6, 6.07) is 2.93. The van der Waals surface area contributed by atoms with Crippen LogP contribution in [-0.2, 0) is 0 Å². The molecule has 5 nitrogen and oxygen atoms in total. The maximum atomic E-state index is 13.5. The fourth-order valence-electron chi connectivity index (χ4n) is 2.62. The Hall–Kier alpha value is -1.82. The molecule has 106 valence electrons. The van der Waals surface area contributed by atoms with Crippen molar-refractivity contribution in [2.24, 2.45) is 0 Å². The fraction of sp³-hybridized carbons (Fsp3) is 0.385. The first kappa shape index (κ1) is 13.2. The van der Waals surface area contributed by atoms with Crippen molar-refractivity contribution in [2.45, 2.75) is 25.6 Å². The van der Waals surface area contributed by atoms with E-state index >= 15 is 0 Å². The third-order valence-corrected chi connectivity index (χ3v) is 4.09. The number of alkyl halides is 1. The molecule has 0 aliphatic carbocycles. The highest BCUT2D eigenvalue weighted by molar-refractivity contribution is 6.32. The highest BCUT2D eigenvalue weighted by Crippen LogP contribution is 2.34. The molecule has 1 saturated heterocycles. The van der Waals surface area contributed by atoms with Gasteiger partial charge < -0.3 is 10.1 Å². The van der Waals surface area contributed by atoms with E-state index < -0.39 is 18.3 Å². The summed E-state index contributed by atoms with van der Waals surface area (Å²) in [7, 11) is 0. The molecule has 1 aliphatic rings. The third kappa shape index (κ3) is 2.00. The van der Waals surface area contributed by atoms with Crippen molar-refractivity contribution in [3.63, 3.8) is 0 Å². The molecular formula is C13H13ClFN3O2. The Balaban J connectivity index is 2.06. The van der Waals surface area contributed by atoms with E-state index in [0.717, 1.165) is 16.0 Å². The van der Waals surface area contributed by atoms with Gasteiger partial charge in [0, 0.05) is 11.4 Å². The summed E-state index contributed by atoms with van der Waals surface area (Å²) in [5.74, 6) is 0.466. The van der Waals surface area contributed by atoms with Crippen molar-refractivity contribution >= 4 is 28.7 Å². The zero-order valence-electron chi connectivity index (χ0n) is 10.7. The Bertz CT molecular complexity index is 688. The second kappa shape index (κ2) is 4.63. The lowest BCUT2D eigenvalue weighted by atomic mass is 10.2. The molecule has 0 saturated carbocycles. The normalized spacial score (nSPS) is 22.6. The average Bonchev–Trinajstić information content (AvgIpc) is 2.97. The standard InChI is InChI=1S/C13H13ClFN3O2/c1-6-8(14)2-3-9-11(6)17-12(16-9)10-4-7(15)5-18(10)13(19)20/h2-3,7,10H,4-5H2,1H3,(H,16,17)(H,19,20). The summed E-state index contributed by atoms with van der Waals surface area (Å²) in [5, 5.41) is 9.74. The Kier molecular flexibility index (Phi) is 3.05. The Morgan fingerprint density at radius 1 is 1.60 bits per heavy atom. The summed E-state index contributed by atoms with van der Waals surface area (Å²) in [4.78, 5) is 19.7. The molecular weight excluding hydrogens is 285 g/mol. The predicted octanol–water partition coefficient (Wildman–Crippen LogP) is 3.29. The number of imidazole rings is 1. The van der Waals surface area contributed by atoms with Crippen molar-refractivity contribution in [2.75, 3.05) is 6.54 Å². The Morgan fingerprint density at radius 2 is 2.35 bits per heavy atom. The summed E-state index contributed by atoms with van der Waals surface area (Å²) in [5.41, 5.74) is 2.31. The van der Waals surface area contributed by atoms with Gasteiger partial charge in [-0.3, -0.25) is 4.90 Å². The van der Waals surface area contributed by atoms with Crippen LogP contribution in [0.3, 0.4) is 0 Å². The largest absolute Gasteiger partial charge is 0.465 e. The van der Waals surface area contributed by atoms with Crippen LogP contribution < -0.4 is 0 Å². The van der Waals surface area contributed by atoms with Crippen LogP contribution in [-0.4, -0.2) is 38.8 Å². The van der Waals surface area contributed by atoms with Gasteiger partial charge in [-0.25, -0.2) is 14.2 Å². The number of halogens is 2. The molecule has 7 heteroatoms. The number of rotatable bonds is 1. The monoisotopic (exact) mass is 297 g/mol. The van der Waals surface area contributed by atoms with Crippen LogP contribution in [0.2, 0.25) is 5.02 Å². The molecule has 1 aromatic carbocycles. The van der Waals surface area contributed by atoms with E-state index in [4.69, 9.17) is 16.7 Å². The predicted molar refractivity (Wildman–Crippen MR) is 72.8 cm³/mol. The van der Waals surface area contributed by atoms with E-state index in [2.05, 4.69) is 9.97 Å². The molecule has 0 bridgehead atoms. The van der Waals surface area contributed by atoms with Crippen LogP contribution in [0.4, 0.5) is 9.18 Å². The van der Waals surface area contributed by atoms with Gasteiger partial charge in [0.15, 0.2) is 0 Å². The Morgan fingerprint density at radius 3 is 3.05 bits per heavy atom. The molecule has 2 heterocycles. The summed E-state index contributed by atoms with van der Waals surface area (Å²) in [6.07, 6.45) is -2.17. The molecule has 1 amide bonds. The molecule has 0 spiro atoms. The van der Waals surface area contributed by atoms with Gasteiger partial charge in [-0.1, -0.05) is 11.6 Å². The van der Waals surface area contributed by atoms with Crippen LogP contribution in [0.15, 0.2) is 12.1 Å². The SMILES string of the molecule is Cc1c(Cl)ccc2nc(C3CC(F)CN3C(=O)O)[nH]c12. The topological polar surface area (TPSA) is 69.2 Å². The zero-order valence-corrected chi connectivity index (χ0v) is 11.5. The molecule has 1 aliphatic heterocycles. The molecule has 20 heavy (non-hydrogen) atoms. The van der Waals surface area contributed by atoms with E-state index in [1.165, 1.54) is 0 Å². The number of aromatic nitrogens is 2. The van der Waals surface area contributed by atoms with E-state index in [-0.39, 0.29) is 13.0 Å². The minimum absolute atomic E-state index is 0.114. The number of hydrogen-bond acceptors (Lipinski definition) is 2. The van der Waals surface area contributed by atoms with Crippen LogP contribution in [0.5, 0.6) is 0 Å². The van der Waals surface area contributed by atoms with Crippen LogP contribution >= 0.6 is 11.6 Å². The van der Waals surface area contributed by atoms with Crippen LogP contribution in [0.1, 0.15) is 23.9 Å². The summed E-state index contributed by atoms with van der Waals surface area (Å²) >= 11 is 6.05. The van der Waals surface area contributed by atoms with Crippen LogP contribution in [0.25, 0.3) is 11.0 Å². The number of hydrogen-bond donors (Lipinski definition) is 2. The minimum atomic E-state index is -1.16. The van der Waals surface area contributed by atoms with Gasteiger partial charge in [0.05, 0.1) is 23.6 Å². The fourth-order valence-corrected chi connectivity index (χ4v) is 2.78. The van der Waals surface area contributed by atoms with Gasteiger partial charge in [0.2, 0.25) is 0 Å². The minimum Gasteiger partial charge on any atom is -0.465 e. The van der Waals surface area contributed by atoms with E-state index in [0.29, 0.717) is 16.4 Å². The molecule has 1 fully saturated rings. The molecule has 1 aromatic heterocycles. The lowest BCUT2D eigenvalue weighted by molar-refractivity contribution is 0.137. The van der Waals surface area contributed by atoms with Crippen molar-refractivity contribution in [1.82, 2.24) is 14.9 Å². The number of H-pyrrole nitrogens is 1. The number of carbonyl (C=O) groups is 1. The zero-order chi connectivity index (χ0) is 14.4. The van der Waals surface area contributed by atoms with Gasteiger partial charge in [-0.15, -0.1) is 0 Å². The smallest absolute Gasteiger partial charge is 0.408 e. The molecule has 2 unspecified atom stereocenters. The van der Waals surface area contributed by atoms with E-state index in [9.17, 15) is 9.18 Å². The highest BCUT2D eigenvalue weighted by atomic mass is 35.5. The number of aryl methyl sites for hydroxylation is 1. The number of likely N-dealkylation sites (tertiary alicyclic amines) is 1. The van der Waals surface area contributed by atoms with Crippen molar-refractivity contribution < 1.29 is 14.3 Å². The first-order valence-corrected chi connectivity index (χ1v) is 6.63. The number of amides is 1. The molecule has 0 radical (unpaired) electrons. The first-order chi connectivity index (χ1) is 9.47. The highest BCUT2D eigenvalue weighted by Gasteiger charge is 2.38. The second-order valence-electron chi connectivity index (χ2n) is 4.97. The van der Waals surface area contributed by atoms with Gasteiger partial charge in [-0.2, -0.15) is 0 Å². The number of nitrogens with one attached hydrogen (secondary N) is 1. The van der Waals surface area contributed by atoms with Crippen LogP contribution in [0, 0.1) is 6.92 Å². The van der Waals surface area contributed by atoms with Gasteiger partial charge in [0.25, 0.3) is 0 Å². The summed E-state index contributed by atoms with van der Waals surface area (Å²) in [6.45, 7) is 1.74. The Labute approximate surface area is 119 Å². The maximum Gasteiger partial charge on any atom is 0.408 e. The lowest BCUT2D eigenvalue weighted by Crippen LogP contribution is -2.30. The first-order valence-electron chi connectivity index (χ1n) is 6.25. The number of nitrogens with zero attached hydrogens (tertiary/aromatic N) is 2. The van der Waals surface area contributed by atoms with Gasteiger partial charge in [-0.05, 0) is 24.6 Å². The van der Waals surface area contributed by atoms with Crippen molar-refractivity contribution in [3.8, 4) is 0 Å². The molecule has 2 N–H and O–H groups in total. The molecule has 2 atom stereocenters. The lowest BCUT2D eigenvalue weighted by Gasteiger charge is -2.18. The van der Waals surface area contributed by atoms with Crippen molar-refractivity contribution in [3.05, 3.63) is 28.5 Å². The quantitative estimate of drug-likeness (QED) is 0.848. The third-order valence-electron chi connectivity index (χ3n) is 3.68. The number of benzene rings is 1. The van der Waals surface area contributed by atoms with Gasteiger partial charge in [0.1, 0.15) is 12.0 Å². The average molecular weight is 298 g/mol. The summed E-state index contributed by atoms with van der Waals surface area (Å²) < 4.78 is 13.5. The molecule has 3 rings (SSSR count). The van der Waals surface area contributed by atoms with E-state index in [1.54, 1.807) is 12.1 Å². The number of carboxylic acid groups (broad SMARTS) is 1. The molecule has 2 aromatic rings. The number of fused-ring (bicyclic) bond motifs is 1. The second-order valence-corrected chi connectivity index (χ2v) is 5.38. The number of aromatic amines is 1.